The molecule has 4 rings (SSSR count). The van der Waals surface area contributed by atoms with Crippen LogP contribution in [0.15, 0.2) is 42.5 Å². The molecule has 2 heterocycles. The van der Waals surface area contributed by atoms with Crippen molar-refractivity contribution in [3.8, 4) is 5.75 Å². The molecule has 2 aromatic rings. The molecule has 0 N–H and O–H groups in total. The fraction of sp³-hybridized carbons (Fsp3) is 0.429. The molecule has 138 valence electrons. The highest BCUT2D eigenvalue weighted by atomic mass is 35.5. The Balaban J connectivity index is 1.47. The van der Waals surface area contributed by atoms with Crippen molar-refractivity contribution in [3.63, 3.8) is 0 Å². The summed E-state index contributed by atoms with van der Waals surface area (Å²) < 4.78 is 11.4. The van der Waals surface area contributed by atoms with Gasteiger partial charge in [0.1, 0.15) is 12.4 Å². The summed E-state index contributed by atoms with van der Waals surface area (Å²) in [6.45, 7) is 7.99. The summed E-state index contributed by atoms with van der Waals surface area (Å²) in [4.78, 5) is 4.86. The monoisotopic (exact) mass is 372 g/mol. The van der Waals surface area contributed by atoms with Crippen LogP contribution in [0, 0.1) is 0 Å². The molecule has 0 saturated carbocycles. The summed E-state index contributed by atoms with van der Waals surface area (Å²) >= 11 is 6.34. The number of fused-ring (bicyclic) bond motifs is 1. The average Bonchev–Trinajstić information content (AvgIpc) is 2.86. The summed E-state index contributed by atoms with van der Waals surface area (Å²) in [6.07, 6.45) is 0. The molecule has 1 fully saturated rings. The van der Waals surface area contributed by atoms with E-state index in [0.29, 0.717) is 6.61 Å². The lowest BCUT2D eigenvalue weighted by molar-refractivity contribution is 0.0342. The lowest BCUT2D eigenvalue weighted by Crippen LogP contribution is -2.35. The van der Waals surface area contributed by atoms with Gasteiger partial charge in [-0.15, -0.1) is 0 Å². The number of ether oxygens (including phenoxy) is 2. The van der Waals surface area contributed by atoms with Crippen LogP contribution in [0.3, 0.4) is 0 Å². The molecule has 0 amide bonds. The minimum atomic E-state index is 0.709. The first-order valence-electron chi connectivity index (χ1n) is 9.28. The number of nitrogens with zero attached hydrogens (tertiary/aromatic N) is 2. The first kappa shape index (κ1) is 17.8. The van der Waals surface area contributed by atoms with Gasteiger partial charge in [0.05, 0.1) is 13.2 Å². The molecule has 0 radical (unpaired) electrons. The van der Waals surface area contributed by atoms with Crippen LogP contribution in [0.25, 0.3) is 0 Å². The van der Waals surface area contributed by atoms with Gasteiger partial charge >= 0.3 is 0 Å². The van der Waals surface area contributed by atoms with Gasteiger partial charge in [-0.1, -0.05) is 35.9 Å². The van der Waals surface area contributed by atoms with Crippen molar-refractivity contribution < 1.29 is 9.47 Å². The molecular formula is C21H25ClN2O2. The fourth-order valence-corrected chi connectivity index (χ4v) is 3.82. The quantitative estimate of drug-likeness (QED) is 0.819. The molecule has 4 nitrogen and oxygen atoms in total. The second-order valence-corrected chi connectivity index (χ2v) is 7.39. The second kappa shape index (κ2) is 8.40. The average molecular weight is 373 g/mol. The molecule has 0 aliphatic carbocycles. The van der Waals surface area contributed by atoms with Crippen LogP contribution < -0.4 is 4.74 Å². The molecule has 2 aliphatic rings. The van der Waals surface area contributed by atoms with E-state index in [1.165, 1.54) is 16.7 Å². The number of rotatable bonds is 4. The first-order chi connectivity index (χ1) is 12.8. The molecule has 1 saturated heterocycles. The van der Waals surface area contributed by atoms with Crippen molar-refractivity contribution in [1.82, 2.24) is 9.80 Å². The van der Waals surface area contributed by atoms with E-state index in [-0.39, 0.29) is 0 Å². The minimum absolute atomic E-state index is 0.709. The Kier molecular flexibility index (Phi) is 5.75. The number of halogens is 1. The lowest BCUT2D eigenvalue weighted by Gasteiger charge is -2.27. The standard InChI is InChI=1S/C21H25ClN2O2/c22-20-4-2-1-3-18(20)15-24-9-12-26-21-6-5-17(13-19(21)16-24)14-23-7-10-25-11-8-23/h1-6,13H,7-12,14-16H2. The van der Waals surface area contributed by atoms with Crippen molar-refractivity contribution in [2.24, 2.45) is 0 Å². The Morgan fingerprint density at radius 1 is 0.885 bits per heavy atom. The second-order valence-electron chi connectivity index (χ2n) is 6.98. The molecule has 0 unspecified atom stereocenters. The van der Waals surface area contributed by atoms with Crippen LogP contribution in [-0.2, 0) is 24.4 Å². The molecule has 0 atom stereocenters. The number of hydrogen-bond donors (Lipinski definition) is 0. The maximum Gasteiger partial charge on any atom is 0.123 e. The zero-order valence-corrected chi connectivity index (χ0v) is 15.8. The number of hydrogen-bond acceptors (Lipinski definition) is 4. The number of morpholine rings is 1. The van der Waals surface area contributed by atoms with Crippen LogP contribution in [0.2, 0.25) is 5.02 Å². The van der Waals surface area contributed by atoms with Gasteiger partial charge in [-0.3, -0.25) is 9.80 Å². The van der Waals surface area contributed by atoms with Gasteiger partial charge in [0, 0.05) is 49.9 Å². The van der Waals surface area contributed by atoms with Crippen LogP contribution in [-0.4, -0.2) is 49.3 Å². The molecule has 5 heteroatoms. The fourth-order valence-electron chi connectivity index (χ4n) is 3.62. The van der Waals surface area contributed by atoms with Gasteiger partial charge < -0.3 is 9.47 Å². The number of benzene rings is 2. The van der Waals surface area contributed by atoms with Gasteiger partial charge in [0.15, 0.2) is 0 Å². The highest BCUT2D eigenvalue weighted by Crippen LogP contribution is 2.27. The van der Waals surface area contributed by atoms with E-state index >= 15 is 0 Å². The van der Waals surface area contributed by atoms with Crippen LogP contribution >= 0.6 is 11.6 Å². The summed E-state index contributed by atoms with van der Waals surface area (Å²) in [5.41, 5.74) is 3.77. The Bertz CT molecular complexity index is 747. The van der Waals surface area contributed by atoms with Crippen molar-refractivity contribution in [1.29, 1.82) is 0 Å². The summed E-state index contributed by atoms with van der Waals surface area (Å²) in [5.74, 6) is 1.01. The van der Waals surface area contributed by atoms with Crippen LogP contribution in [0.5, 0.6) is 5.75 Å². The summed E-state index contributed by atoms with van der Waals surface area (Å²) in [6, 6.07) is 14.7. The lowest BCUT2D eigenvalue weighted by atomic mass is 10.1. The maximum atomic E-state index is 6.34. The largest absolute Gasteiger partial charge is 0.492 e. The maximum absolute atomic E-state index is 6.34. The molecular weight excluding hydrogens is 348 g/mol. The molecule has 26 heavy (non-hydrogen) atoms. The summed E-state index contributed by atoms with van der Waals surface area (Å²) in [7, 11) is 0. The van der Waals surface area contributed by atoms with Crippen molar-refractivity contribution in [2.75, 3.05) is 39.5 Å². The zero-order chi connectivity index (χ0) is 17.8. The van der Waals surface area contributed by atoms with E-state index < -0.39 is 0 Å². The normalized spacial score (nSPS) is 18.8. The highest BCUT2D eigenvalue weighted by Gasteiger charge is 2.18. The predicted molar refractivity (Wildman–Crippen MR) is 104 cm³/mol. The Labute approximate surface area is 160 Å². The Morgan fingerprint density at radius 2 is 1.69 bits per heavy atom. The SMILES string of the molecule is Clc1ccccc1CN1CCOc2ccc(CN3CCOCC3)cc2C1. The summed E-state index contributed by atoms with van der Waals surface area (Å²) in [5, 5.41) is 0.832. The van der Waals surface area contributed by atoms with Crippen LogP contribution in [0.1, 0.15) is 16.7 Å². The van der Waals surface area contributed by atoms with Gasteiger partial charge in [-0.25, -0.2) is 0 Å². The van der Waals surface area contributed by atoms with Crippen molar-refractivity contribution in [3.05, 3.63) is 64.2 Å². The third-order valence-electron chi connectivity index (χ3n) is 5.05. The predicted octanol–water partition coefficient (Wildman–Crippen LogP) is 3.57. The van der Waals surface area contributed by atoms with Gasteiger partial charge in [-0.2, -0.15) is 0 Å². The van der Waals surface area contributed by atoms with Gasteiger partial charge in [0.2, 0.25) is 0 Å². The van der Waals surface area contributed by atoms with Crippen molar-refractivity contribution in [2.45, 2.75) is 19.6 Å². The third-order valence-corrected chi connectivity index (χ3v) is 5.41. The van der Waals surface area contributed by atoms with Gasteiger partial charge in [-0.05, 0) is 29.3 Å². The topological polar surface area (TPSA) is 24.9 Å². The van der Waals surface area contributed by atoms with Gasteiger partial charge in [0.25, 0.3) is 0 Å². The van der Waals surface area contributed by atoms with E-state index in [1.54, 1.807) is 0 Å². The van der Waals surface area contributed by atoms with E-state index in [0.717, 1.165) is 63.3 Å². The Morgan fingerprint density at radius 3 is 2.54 bits per heavy atom. The van der Waals surface area contributed by atoms with Crippen molar-refractivity contribution >= 4 is 11.6 Å². The first-order valence-corrected chi connectivity index (χ1v) is 9.66. The van der Waals surface area contributed by atoms with Crippen LogP contribution in [0.4, 0.5) is 0 Å². The smallest absolute Gasteiger partial charge is 0.123 e. The highest BCUT2D eigenvalue weighted by molar-refractivity contribution is 6.31. The Hall–Kier alpha value is -1.59. The van der Waals surface area contributed by atoms with E-state index in [1.807, 2.05) is 18.2 Å². The van der Waals surface area contributed by atoms with E-state index in [2.05, 4.69) is 34.1 Å². The molecule has 2 aliphatic heterocycles. The zero-order valence-electron chi connectivity index (χ0n) is 15.0. The molecule has 0 spiro atoms. The molecule has 2 aromatic carbocycles. The van der Waals surface area contributed by atoms with E-state index in [4.69, 9.17) is 21.1 Å². The third kappa shape index (κ3) is 4.38. The minimum Gasteiger partial charge on any atom is -0.492 e. The molecule has 0 aromatic heterocycles. The molecule has 0 bridgehead atoms. The van der Waals surface area contributed by atoms with E-state index in [9.17, 15) is 0 Å².